The highest BCUT2D eigenvalue weighted by Crippen LogP contribution is 2.27. The molecule has 130 valence electrons. The van der Waals surface area contributed by atoms with Crippen LogP contribution in [0.1, 0.15) is 26.2 Å². The predicted octanol–water partition coefficient (Wildman–Crippen LogP) is 1.24. The van der Waals surface area contributed by atoms with Crippen molar-refractivity contribution in [3.63, 3.8) is 0 Å². The van der Waals surface area contributed by atoms with Crippen molar-refractivity contribution < 1.29 is 22.7 Å². The molecule has 1 aromatic heterocycles. The van der Waals surface area contributed by atoms with Gasteiger partial charge in [0.15, 0.2) is 5.58 Å². The summed E-state index contributed by atoms with van der Waals surface area (Å²) in [5, 5.41) is 8.85. The van der Waals surface area contributed by atoms with E-state index in [1.54, 1.807) is 0 Å². The lowest BCUT2D eigenvalue weighted by molar-refractivity contribution is -0.137. The first kappa shape index (κ1) is 16.7. The third-order valence-electron chi connectivity index (χ3n) is 4.28. The Bertz CT molecular complexity index is 943. The molecule has 2 aromatic rings. The van der Waals surface area contributed by atoms with E-state index in [9.17, 15) is 18.0 Å². The van der Waals surface area contributed by atoms with Gasteiger partial charge in [0.1, 0.15) is 6.54 Å². The molecule has 1 aliphatic rings. The molecule has 1 N–H and O–H groups in total. The molecule has 8 nitrogen and oxygen atoms in total. The van der Waals surface area contributed by atoms with Gasteiger partial charge in [-0.1, -0.05) is 6.42 Å². The lowest BCUT2D eigenvalue weighted by Crippen LogP contribution is -2.41. The van der Waals surface area contributed by atoms with Crippen molar-refractivity contribution in [1.82, 2.24) is 8.87 Å². The average molecular weight is 354 g/mol. The number of hydrogen-bond acceptors (Lipinski definition) is 5. The quantitative estimate of drug-likeness (QED) is 0.885. The minimum atomic E-state index is -3.68. The zero-order valence-corrected chi connectivity index (χ0v) is 14.0. The second kappa shape index (κ2) is 6.06. The molecule has 2 heterocycles. The first-order valence-electron chi connectivity index (χ1n) is 7.68. The zero-order valence-electron chi connectivity index (χ0n) is 13.1. The van der Waals surface area contributed by atoms with Gasteiger partial charge in [0.25, 0.3) is 0 Å². The van der Waals surface area contributed by atoms with Gasteiger partial charge in [-0.3, -0.25) is 9.36 Å². The van der Waals surface area contributed by atoms with E-state index in [0.29, 0.717) is 6.54 Å². The lowest BCUT2D eigenvalue weighted by atomic mass is 10.1. The maximum absolute atomic E-state index is 12.8. The van der Waals surface area contributed by atoms with Crippen molar-refractivity contribution in [2.24, 2.45) is 0 Å². The number of carboxylic acids is 1. The summed E-state index contributed by atoms with van der Waals surface area (Å²) in [6.45, 7) is 1.80. The Balaban J connectivity index is 2.05. The molecule has 1 saturated heterocycles. The Kier molecular flexibility index (Phi) is 4.22. The summed E-state index contributed by atoms with van der Waals surface area (Å²) in [6.07, 6.45) is 2.63. The molecule has 1 atom stereocenters. The van der Waals surface area contributed by atoms with Gasteiger partial charge in [-0.15, -0.1) is 0 Å². The summed E-state index contributed by atoms with van der Waals surface area (Å²) in [5.41, 5.74) is 0.319. The number of sulfonamides is 1. The Morgan fingerprint density at radius 1 is 1.38 bits per heavy atom. The molecule has 3 rings (SSSR count). The highest BCUT2D eigenvalue weighted by atomic mass is 32.2. The van der Waals surface area contributed by atoms with Crippen LogP contribution in [0.25, 0.3) is 11.1 Å². The van der Waals surface area contributed by atoms with Crippen LogP contribution in [0, 0.1) is 0 Å². The number of carboxylic acid groups (broad SMARTS) is 1. The van der Waals surface area contributed by atoms with Gasteiger partial charge in [0.2, 0.25) is 10.0 Å². The van der Waals surface area contributed by atoms with Crippen LogP contribution in [0.4, 0.5) is 0 Å². The fourth-order valence-corrected chi connectivity index (χ4v) is 4.77. The first-order chi connectivity index (χ1) is 11.3. The normalized spacial score (nSPS) is 19.6. The number of carbonyl (C=O) groups is 1. The van der Waals surface area contributed by atoms with E-state index in [1.807, 2.05) is 6.92 Å². The minimum Gasteiger partial charge on any atom is -0.480 e. The van der Waals surface area contributed by atoms with Crippen LogP contribution in [0.15, 0.2) is 32.3 Å². The van der Waals surface area contributed by atoms with Gasteiger partial charge in [0, 0.05) is 18.7 Å². The van der Waals surface area contributed by atoms with Crippen molar-refractivity contribution in [3.05, 3.63) is 28.7 Å². The molecule has 9 heteroatoms. The van der Waals surface area contributed by atoms with E-state index in [2.05, 4.69) is 0 Å². The van der Waals surface area contributed by atoms with Gasteiger partial charge >= 0.3 is 11.7 Å². The average Bonchev–Trinajstić information content (AvgIpc) is 2.82. The molecule has 1 aliphatic heterocycles. The Morgan fingerprint density at radius 2 is 2.12 bits per heavy atom. The second-order valence-corrected chi connectivity index (χ2v) is 7.83. The van der Waals surface area contributed by atoms with E-state index >= 15 is 0 Å². The van der Waals surface area contributed by atoms with Crippen molar-refractivity contribution in [3.8, 4) is 0 Å². The van der Waals surface area contributed by atoms with Gasteiger partial charge in [-0.2, -0.15) is 4.31 Å². The molecule has 1 aromatic carbocycles. The first-order valence-corrected chi connectivity index (χ1v) is 9.12. The molecule has 0 unspecified atom stereocenters. The number of piperidine rings is 1. The van der Waals surface area contributed by atoms with E-state index in [-0.39, 0.29) is 22.0 Å². The van der Waals surface area contributed by atoms with Crippen LogP contribution >= 0.6 is 0 Å². The summed E-state index contributed by atoms with van der Waals surface area (Å²) in [5.74, 6) is -2.01. The van der Waals surface area contributed by atoms with Gasteiger partial charge in [-0.05, 0) is 31.9 Å². The van der Waals surface area contributed by atoms with E-state index in [1.165, 1.54) is 22.5 Å². The van der Waals surface area contributed by atoms with Gasteiger partial charge in [-0.25, -0.2) is 13.2 Å². The van der Waals surface area contributed by atoms with Crippen molar-refractivity contribution in [2.75, 3.05) is 6.54 Å². The molecule has 1 fully saturated rings. The van der Waals surface area contributed by atoms with Crippen molar-refractivity contribution in [1.29, 1.82) is 0 Å². The molecule has 0 saturated carbocycles. The largest absolute Gasteiger partial charge is 0.480 e. The number of benzene rings is 1. The fraction of sp³-hybridized carbons (Fsp3) is 0.467. The number of aliphatic carboxylic acids is 1. The molecular formula is C15H18N2O6S. The number of aromatic nitrogens is 1. The SMILES string of the molecule is C[C@H]1CCCCN1S(=O)(=O)c1ccc2c(c1)oc(=O)n2CC(=O)O. The van der Waals surface area contributed by atoms with Crippen LogP contribution in [0.3, 0.4) is 0 Å². The van der Waals surface area contributed by atoms with Gasteiger partial charge in [0.05, 0.1) is 10.4 Å². The molecular weight excluding hydrogens is 336 g/mol. The predicted molar refractivity (Wildman–Crippen MR) is 85.3 cm³/mol. The van der Waals surface area contributed by atoms with Crippen LogP contribution < -0.4 is 5.76 Å². The second-order valence-electron chi connectivity index (χ2n) is 5.94. The highest BCUT2D eigenvalue weighted by molar-refractivity contribution is 7.89. The maximum Gasteiger partial charge on any atom is 0.420 e. The molecule has 0 amide bonds. The Labute approximate surface area is 138 Å². The number of rotatable bonds is 4. The monoisotopic (exact) mass is 354 g/mol. The summed E-state index contributed by atoms with van der Waals surface area (Å²) < 4.78 is 33.1. The summed E-state index contributed by atoms with van der Waals surface area (Å²) in [6, 6.07) is 3.99. The summed E-state index contributed by atoms with van der Waals surface area (Å²) in [4.78, 5) is 22.6. The molecule has 0 bridgehead atoms. The van der Waals surface area contributed by atoms with Gasteiger partial charge < -0.3 is 9.52 Å². The Morgan fingerprint density at radius 3 is 2.79 bits per heavy atom. The number of oxazole rings is 1. The molecule has 0 spiro atoms. The van der Waals surface area contributed by atoms with E-state index in [0.717, 1.165) is 23.8 Å². The third-order valence-corrected chi connectivity index (χ3v) is 6.29. The molecule has 24 heavy (non-hydrogen) atoms. The third kappa shape index (κ3) is 2.84. The smallest absolute Gasteiger partial charge is 0.420 e. The lowest BCUT2D eigenvalue weighted by Gasteiger charge is -2.32. The summed E-state index contributed by atoms with van der Waals surface area (Å²) in [7, 11) is -3.68. The standard InChI is InChI=1S/C15H18N2O6S/c1-10-4-2-3-7-17(10)24(21,22)11-5-6-12-13(8-11)23-15(20)16(12)9-14(18)19/h5-6,8,10H,2-4,7,9H2,1H3,(H,18,19)/t10-/m0/s1. The van der Waals surface area contributed by atoms with Crippen LogP contribution in [-0.4, -0.2) is 41.0 Å². The van der Waals surface area contributed by atoms with Crippen molar-refractivity contribution in [2.45, 2.75) is 43.7 Å². The topological polar surface area (TPSA) is 110 Å². The number of nitrogens with zero attached hydrogens (tertiary/aromatic N) is 2. The zero-order chi connectivity index (χ0) is 17.5. The Hall–Kier alpha value is -2.13. The summed E-state index contributed by atoms with van der Waals surface area (Å²) >= 11 is 0. The fourth-order valence-electron chi connectivity index (χ4n) is 3.06. The van der Waals surface area contributed by atoms with E-state index in [4.69, 9.17) is 9.52 Å². The van der Waals surface area contributed by atoms with Crippen LogP contribution in [-0.2, 0) is 21.4 Å². The minimum absolute atomic E-state index is 0.0416. The van der Waals surface area contributed by atoms with Crippen LogP contribution in [0.2, 0.25) is 0 Å². The van der Waals surface area contributed by atoms with Crippen molar-refractivity contribution >= 4 is 27.1 Å². The van der Waals surface area contributed by atoms with E-state index < -0.39 is 28.3 Å². The number of fused-ring (bicyclic) bond motifs is 1. The van der Waals surface area contributed by atoms with Crippen LogP contribution in [0.5, 0.6) is 0 Å². The highest BCUT2D eigenvalue weighted by Gasteiger charge is 2.31. The number of hydrogen-bond donors (Lipinski definition) is 1. The molecule has 0 aliphatic carbocycles. The maximum atomic E-state index is 12.8. The molecule has 0 radical (unpaired) electrons.